The summed E-state index contributed by atoms with van der Waals surface area (Å²) in [5.74, 6) is 0. The van der Waals surface area contributed by atoms with E-state index in [0.29, 0.717) is 11.4 Å². The highest BCUT2D eigenvalue weighted by Gasteiger charge is 2.18. The first-order valence-electron chi connectivity index (χ1n) is 4.20. The molecule has 0 N–H and O–H groups in total. The lowest BCUT2D eigenvalue weighted by atomic mass is 10.4. The first kappa shape index (κ1) is 11.7. The average molecular weight is 278 g/mol. The molecule has 0 aliphatic carbocycles. The van der Waals surface area contributed by atoms with Crippen LogP contribution in [0.3, 0.4) is 0 Å². The van der Waals surface area contributed by atoms with E-state index in [4.69, 9.17) is 0 Å². The third-order valence-corrected chi connectivity index (χ3v) is 4.37. The number of hydrogen-bond acceptors (Lipinski definition) is 2. The molecule has 5 heteroatoms. The molecule has 0 saturated heterocycles. The number of benzene rings is 1. The van der Waals surface area contributed by atoms with E-state index in [0.717, 1.165) is 4.47 Å². The van der Waals surface area contributed by atoms with E-state index in [1.54, 1.807) is 38.2 Å². The number of hydrogen-bond donors (Lipinski definition) is 0. The largest absolute Gasteiger partial charge is 0.242 e. The summed E-state index contributed by atoms with van der Waals surface area (Å²) in [5.41, 5.74) is 0. The van der Waals surface area contributed by atoms with Crippen molar-refractivity contribution in [2.75, 3.05) is 13.6 Å². The van der Waals surface area contributed by atoms with Crippen molar-refractivity contribution in [1.29, 1.82) is 0 Å². The van der Waals surface area contributed by atoms with E-state index in [2.05, 4.69) is 15.9 Å². The molecule has 14 heavy (non-hydrogen) atoms. The second kappa shape index (κ2) is 4.42. The van der Waals surface area contributed by atoms with Gasteiger partial charge in [-0.2, -0.15) is 0 Å². The van der Waals surface area contributed by atoms with Gasteiger partial charge in [0.05, 0.1) is 4.90 Å². The fraction of sp³-hybridized carbons (Fsp3) is 0.333. The molecule has 0 amide bonds. The van der Waals surface area contributed by atoms with Crippen molar-refractivity contribution in [2.45, 2.75) is 11.8 Å². The maximum atomic E-state index is 11.8. The topological polar surface area (TPSA) is 37.4 Å². The summed E-state index contributed by atoms with van der Waals surface area (Å²) in [6.45, 7) is 2.27. The van der Waals surface area contributed by atoms with Gasteiger partial charge in [0.2, 0.25) is 10.0 Å². The lowest BCUT2D eigenvalue weighted by Gasteiger charge is -2.14. The summed E-state index contributed by atoms with van der Waals surface area (Å²) in [7, 11) is -1.74. The van der Waals surface area contributed by atoms with Crippen LogP contribution < -0.4 is 0 Å². The van der Waals surface area contributed by atoms with E-state index in [1.807, 2.05) is 0 Å². The Balaban J connectivity index is 3.17. The van der Waals surface area contributed by atoms with Gasteiger partial charge in [-0.25, -0.2) is 12.7 Å². The van der Waals surface area contributed by atoms with E-state index in [1.165, 1.54) is 4.31 Å². The third kappa shape index (κ3) is 2.34. The smallest absolute Gasteiger partial charge is 0.207 e. The number of nitrogens with zero attached hydrogens (tertiary/aromatic N) is 1. The molecule has 0 aliphatic rings. The Morgan fingerprint density at radius 2 is 2.07 bits per heavy atom. The van der Waals surface area contributed by atoms with Gasteiger partial charge in [-0.3, -0.25) is 0 Å². The number of sulfonamides is 1. The monoisotopic (exact) mass is 277 g/mol. The normalized spacial score (nSPS) is 12.0. The molecule has 0 saturated carbocycles. The molecule has 1 aromatic carbocycles. The van der Waals surface area contributed by atoms with E-state index in [-0.39, 0.29) is 0 Å². The standard InChI is InChI=1S/C9H12BrNO2S/c1-3-11(2)14(12,13)9-6-4-5-8(10)7-9/h4-7H,3H2,1-2H3. The van der Waals surface area contributed by atoms with Gasteiger partial charge in [-0.15, -0.1) is 0 Å². The van der Waals surface area contributed by atoms with Crippen molar-refractivity contribution >= 4 is 26.0 Å². The fourth-order valence-electron chi connectivity index (χ4n) is 0.977. The van der Waals surface area contributed by atoms with Crippen molar-refractivity contribution < 1.29 is 8.42 Å². The Kier molecular flexibility index (Phi) is 3.69. The van der Waals surface area contributed by atoms with E-state index in [9.17, 15) is 8.42 Å². The van der Waals surface area contributed by atoms with Crippen LogP contribution in [0, 0.1) is 0 Å². The maximum Gasteiger partial charge on any atom is 0.242 e. The predicted octanol–water partition coefficient (Wildman–Crippen LogP) is 2.09. The van der Waals surface area contributed by atoms with Crippen molar-refractivity contribution in [3.63, 3.8) is 0 Å². The van der Waals surface area contributed by atoms with Crippen LogP contribution in [0.2, 0.25) is 0 Å². The summed E-state index contributed by atoms with van der Waals surface area (Å²) in [6.07, 6.45) is 0. The zero-order chi connectivity index (χ0) is 10.8. The molecular formula is C9H12BrNO2S. The van der Waals surface area contributed by atoms with Gasteiger partial charge >= 0.3 is 0 Å². The van der Waals surface area contributed by atoms with Crippen LogP contribution in [-0.2, 0) is 10.0 Å². The highest BCUT2D eigenvalue weighted by molar-refractivity contribution is 9.10. The Labute approximate surface area is 92.9 Å². The summed E-state index contributed by atoms with van der Waals surface area (Å²) in [4.78, 5) is 0.316. The van der Waals surface area contributed by atoms with Crippen molar-refractivity contribution in [2.24, 2.45) is 0 Å². The van der Waals surface area contributed by atoms with Crippen LogP contribution in [0.4, 0.5) is 0 Å². The first-order valence-corrected chi connectivity index (χ1v) is 6.43. The van der Waals surface area contributed by atoms with Crippen LogP contribution in [0.5, 0.6) is 0 Å². The van der Waals surface area contributed by atoms with Crippen molar-refractivity contribution in [3.05, 3.63) is 28.7 Å². The molecule has 1 aromatic rings. The molecule has 0 bridgehead atoms. The molecule has 0 aliphatic heterocycles. The zero-order valence-corrected chi connectivity index (χ0v) is 10.5. The van der Waals surface area contributed by atoms with Gasteiger partial charge in [-0.1, -0.05) is 28.9 Å². The minimum Gasteiger partial charge on any atom is -0.207 e. The van der Waals surface area contributed by atoms with Gasteiger partial charge in [-0.05, 0) is 18.2 Å². The highest BCUT2D eigenvalue weighted by Crippen LogP contribution is 2.18. The molecule has 3 nitrogen and oxygen atoms in total. The second-order valence-corrected chi connectivity index (χ2v) is 5.84. The Morgan fingerprint density at radius 1 is 1.43 bits per heavy atom. The molecule has 1 rings (SSSR count). The highest BCUT2D eigenvalue weighted by atomic mass is 79.9. The molecule has 0 heterocycles. The molecule has 0 spiro atoms. The molecule has 78 valence electrons. The van der Waals surface area contributed by atoms with Gasteiger partial charge < -0.3 is 0 Å². The quantitative estimate of drug-likeness (QED) is 0.849. The van der Waals surface area contributed by atoms with E-state index < -0.39 is 10.0 Å². The van der Waals surface area contributed by atoms with Crippen molar-refractivity contribution in [3.8, 4) is 0 Å². The Morgan fingerprint density at radius 3 is 2.57 bits per heavy atom. The van der Waals surface area contributed by atoms with Gasteiger partial charge in [0.1, 0.15) is 0 Å². The summed E-state index contributed by atoms with van der Waals surface area (Å²) >= 11 is 3.24. The molecule has 0 aromatic heterocycles. The van der Waals surface area contributed by atoms with E-state index >= 15 is 0 Å². The lowest BCUT2D eigenvalue weighted by molar-refractivity contribution is 0.486. The lowest BCUT2D eigenvalue weighted by Crippen LogP contribution is -2.26. The minimum atomic E-state index is -3.31. The molecule has 0 unspecified atom stereocenters. The fourth-order valence-corrected chi connectivity index (χ4v) is 2.75. The van der Waals surface area contributed by atoms with Gasteiger partial charge in [0.25, 0.3) is 0 Å². The van der Waals surface area contributed by atoms with Crippen LogP contribution in [-0.4, -0.2) is 26.3 Å². The Bertz CT molecular complexity index is 417. The first-order chi connectivity index (χ1) is 6.48. The van der Waals surface area contributed by atoms with Gasteiger partial charge in [0.15, 0.2) is 0 Å². The molecule has 0 fully saturated rings. The zero-order valence-electron chi connectivity index (χ0n) is 8.07. The molecule has 0 atom stereocenters. The van der Waals surface area contributed by atoms with Crippen molar-refractivity contribution in [1.82, 2.24) is 4.31 Å². The summed E-state index contributed by atoms with van der Waals surface area (Å²) in [5, 5.41) is 0. The second-order valence-electron chi connectivity index (χ2n) is 2.88. The van der Waals surface area contributed by atoms with Crippen LogP contribution >= 0.6 is 15.9 Å². The molecular weight excluding hydrogens is 266 g/mol. The summed E-state index contributed by atoms with van der Waals surface area (Å²) in [6, 6.07) is 6.69. The van der Waals surface area contributed by atoms with Crippen LogP contribution in [0.15, 0.2) is 33.6 Å². The van der Waals surface area contributed by atoms with Crippen LogP contribution in [0.1, 0.15) is 6.92 Å². The van der Waals surface area contributed by atoms with Gasteiger partial charge in [0, 0.05) is 18.1 Å². The SMILES string of the molecule is CCN(C)S(=O)(=O)c1cccc(Br)c1. The Hall–Kier alpha value is -0.390. The number of halogens is 1. The average Bonchev–Trinajstić information content (AvgIpc) is 2.16. The minimum absolute atomic E-state index is 0.316. The van der Waals surface area contributed by atoms with Crippen LogP contribution in [0.25, 0.3) is 0 Å². The molecule has 0 radical (unpaired) electrons. The number of rotatable bonds is 3. The third-order valence-electron chi connectivity index (χ3n) is 1.95. The maximum absolute atomic E-state index is 11.8. The summed E-state index contributed by atoms with van der Waals surface area (Å²) < 4.78 is 25.7. The predicted molar refractivity (Wildman–Crippen MR) is 59.6 cm³/mol.